The summed E-state index contributed by atoms with van der Waals surface area (Å²) in [4.78, 5) is 34.3. The van der Waals surface area contributed by atoms with E-state index in [-0.39, 0.29) is 41.3 Å². The number of carbonyl (C=O) groups excluding carboxylic acids is 2. The Bertz CT molecular complexity index is 1720. The highest BCUT2D eigenvalue weighted by atomic mass is 16.5. The second kappa shape index (κ2) is 12.1. The highest BCUT2D eigenvalue weighted by molar-refractivity contribution is 5.90. The van der Waals surface area contributed by atoms with E-state index in [1.165, 1.54) is 0 Å². The lowest BCUT2D eigenvalue weighted by molar-refractivity contribution is 0.0511. The molecule has 1 fully saturated rings. The van der Waals surface area contributed by atoms with Gasteiger partial charge >= 0.3 is 12.0 Å². The molecule has 4 heterocycles. The van der Waals surface area contributed by atoms with Crippen LogP contribution in [-0.2, 0) is 15.7 Å². The third kappa shape index (κ3) is 6.32. The van der Waals surface area contributed by atoms with Crippen molar-refractivity contribution in [3.05, 3.63) is 77.1 Å². The molecule has 4 aromatic rings. The van der Waals surface area contributed by atoms with Crippen LogP contribution >= 0.6 is 0 Å². The van der Waals surface area contributed by atoms with Crippen LogP contribution < -0.4 is 20.7 Å². The predicted molar refractivity (Wildman–Crippen MR) is 168 cm³/mol. The zero-order valence-corrected chi connectivity index (χ0v) is 26.4. The van der Waals surface area contributed by atoms with Crippen LogP contribution in [0, 0.1) is 0 Å². The predicted octanol–water partition coefficient (Wildman–Crippen LogP) is 5.37. The number of urea groups is 1. The van der Waals surface area contributed by atoms with Gasteiger partial charge in [-0.3, -0.25) is 9.72 Å². The van der Waals surface area contributed by atoms with Crippen LogP contribution in [-0.4, -0.2) is 49.7 Å². The molecule has 0 bridgehead atoms. The summed E-state index contributed by atoms with van der Waals surface area (Å²) < 4.78 is 13.7. The van der Waals surface area contributed by atoms with Crippen molar-refractivity contribution in [3.8, 4) is 5.75 Å². The molecule has 2 amide bonds. The Morgan fingerprint density at radius 3 is 2.62 bits per heavy atom. The van der Waals surface area contributed by atoms with E-state index in [0.29, 0.717) is 18.5 Å². The molecule has 12 heteroatoms. The lowest BCUT2D eigenvalue weighted by Gasteiger charge is -2.32. The second-order valence-corrected chi connectivity index (χ2v) is 12.9. The maximum Gasteiger partial charge on any atom is 0.376 e. The fourth-order valence-corrected chi connectivity index (χ4v) is 6.08. The number of esters is 1. The molecule has 0 unspecified atom stereocenters. The highest BCUT2D eigenvalue weighted by Crippen LogP contribution is 2.39. The number of hydrogen-bond donors (Lipinski definition) is 3. The van der Waals surface area contributed by atoms with E-state index in [2.05, 4.69) is 43.0 Å². The van der Waals surface area contributed by atoms with Gasteiger partial charge in [-0.25, -0.2) is 19.6 Å². The van der Waals surface area contributed by atoms with Gasteiger partial charge in [-0.15, -0.1) is 10.2 Å². The van der Waals surface area contributed by atoms with E-state index in [9.17, 15) is 9.59 Å². The minimum absolute atomic E-state index is 0.0898. The Morgan fingerprint density at radius 2 is 1.89 bits per heavy atom. The van der Waals surface area contributed by atoms with Gasteiger partial charge in [0.1, 0.15) is 17.7 Å². The molecular weight excluding hydrogens is 572 g/mol. The molecule has 3 N–H and O–H groups in total. The summed E-state index contributed by atoms with van der Waals surface area (Å²) in [6.45, 7) is 11.0. The van der Waals surface area contributed by atoms with Crippen LogP contribution in [0.2, 0.25) is 0 Å². The monoisotopic (exact) mass is 612 g/mol. The third-order valence-electron chi connectivity index (χ3n) is 8.45. The van der Waals surface area contributed by atoms with Crippen LogP contribution in [0.3, 0.4) is 0 Å². The van der Waals surface area contributed by atoms with Gasteiger partial charge in [-0.05, 0) is 69.3 Å². The van der Waals surface area contributed by atoms with E-state index in [0.717, 1.165) is 47.7 Å². The number of rotatable bonds is 7. The molecule has 1 aliphatic heterocycles. The molecule has 1 aliphatic carbocycles. The summed E-state index contributed by atoms with van der Waals surface area (Å²) in [6, 6.07) is 12.9. The van der Waals surface area contributed by atoms with Crippen molar-refractivity contribution in [1.29, 1.82) is 0 Å². The van der Waals surface area contributed by atoms with E-state index in [1.54, 1.807) is 13.0 Å². The fraction of sp³-hybridized carbons (Fsp3) is 0.455. The standard InChI is InChI=1S/C33H40N8O4/c1-6-44-29(42)28-36-25(32(2,3)4)18-26(37-28)38-31(43)35-23-13-14-24(22-11-8-7-10-21(22)23)45-20-12-15-27-39-40-30(41(27)19-20)33(5)16-9-17-34-33/h7-8,10-12,15,18-19,23-24,34H,6,9,13-14,16-17H2,1-5H3,(H2,35,36,37,38,43)/t23-,24+,33-/m0/s1. The van der Waals surface area contributed by atoms with Crippen molar-refractivity contribution in [2.45, 2.75) is 83.4 Å². The Morgan fingerprint density at radius 1 is 1.09 bits per heavy atom. The van der Waals surface area contributed by atoms with Gasteiger partial charge in [0.2, 0.25) is 5.82 Å². The summed E-state index contributed by atoms with van der Waals surface area (Å²) >= 11 is 0. The molecule has 12 nitrogen and oxygen atoms in total. The smallest absolute Gasteiger partial charge is 0.376 e. The molecule has 45 heavy (non-hydrogen) atoms. The Kier molecular flexibility index (Phi) is 8.17. The first kappa shape index (κ1) is 30.4. The topological polar surface area (TPSA) is 145 Å². The summed E-state index contributed by atoms with van der Waals surface area (Å²) in [7, 11) is 0. The molecule has 0 spiro atoms. The maximum absolute atomic E-state index is 13.2. The van der Waals surface area contributed by atoms with Crippen molar-refractivity contribution in [2.24, 2.45) is 0 Å². The van der Waals surface area contributed by atoms with E-state index >= 15 is 0 Å². The van der Waals surface area contributed by atoms with E-state index in [1.807, 2.05) is 67.8 Å². The van der Waals surface area contributed by atoms with Gasteiger partial charge in [0, 0.05) is 11.5 Å². The van der Waals surface area contributed by atoms with Gasteiger partial charge in [-0.1, -0.05) is 45.0 Å². The number of anilines is 1. The minimum Gasteiger partial charge on any atom is -0.484 e. The molecule has 1 saturated heterocycles. The first-order chi connectivity index (χ1) is 21.5. The molecule has 6 rings (SSSR count). The minimum atomic E-state index is -0.636. The normalized spacial score (nSPS) is 21.3. The van der Waals surface area contributed by atoms with Gasteiger partial charge in [0.15, 0.2) is 11.5 Å². The summed E-state index contributed by atoms with van der Waals surface area (Å²) in [5.74, 6) is 1.11. The zero-order chi connectivity index (χ0) is 31.8. The largest absolute Gasteiger partial charge is 0.484 e. The van der Waals surface area contributed by atoms with E-state index < -0.39 is 12.0 Å². The number of nitrogens with one attached hydrogen (secondary N) is 3. The van der Waals surface area contributed by atoms with Crippen molar-refractivity contribution < 1.29 is 19.1 Å². The second-order valence-electron chi connectivity index (χ2n) is 12.9. The molecular formula is C33H40N8O4. The number of amides is 2. The van der Waals surface area contributed by atoms with Gasteiger partial charge in [-0.2, -0.15) is 0 Å². The first-order valence-electron chi connectivity index (χ1n) is 15.5. The lowest BCUT2D eigenvalue weighted by Crippen LogP contribution is -2.36. The first-order valence-corrected chi connectivity index (χ1v) is 15.5. The number of benzene rings is 1. The molecule has 3 aromatic heterocycles. The van der Waals surface area contributed by atoms with Gasteiger partial charge in [0.25, 0.3) is 0 Å². The van der Waals surface area contributed by atoms with Gasteiger partial charge in [0.05, 0.1) is 30.1 Å². The van der Waals surface area contributed by atoms with Crippen LogP contribution in [0.4, 0.5) is 10.6 Å². The summed E-state index contributed by atoms with van der Waals surface area (Å²) in [5, 5.41) is 18.3. The quantitative estimate of drug-likeness (QED) is 0.235. The average molecular weight is 613 g/mol. The lowest BCUT2D eigenvalue weighted by atomic mass is 9.85. The average Bonchev–Trinajstić information content (AvgIpc) is 3.65. The number of carbonyl (C=O) groups is 2. The third-order valence-corrected chi connectivity index (χ3v) is 8.45. The molecule has 2 aliphatic rings. The number of pyridine rings is 1. The summed E-state index contributed by atoms with van der Waals surface area (Å²) in [5.41, 5.74) is 2.80. The van der Waals surface area contributed by atoms with Crippen LogP contribution in [0.15, 0.2) is 48.7 Å². The molecule has 3 atom stereocenters. The molecule has 1 aromatic carbocycles. The van der Waals surface area contributed by atoms with E-state index in [4.69, 9.17) is 9.47 Å². The van der Waals surface area contributed by atoms with Crippen molar-refractivity contribution in [2.75, 3.05) is 18.5 Å². The maximum atomic E-state index is 13.2. The molecule has 0 radical (unpaired) electrons. The number of nitrogens with zero attached hydrogens (tertiary/aromatic N) is 5. The number of aromatic nitrogens is 5. The number of ether oxygens (including phenoxy) is 2. The fourth-order valence-electron chi connectivity index (χ4n) is 6.08. The molecule has 0 saturated carbocycles. The molecule has 236 valence electrons. The van der Waals surface area contributed by atoms with Crippen molar-refractivity contribution in [1.82, 2.24) is 35.2 Å². The summed E-state index contributed by atoms with van der Waals surface area (Å²) in [6.07, 6.45) is 5.24. The van der Waals surface area contributed by atoms with Crippen molar-refractivity contribution >= 4 is 23.5 Å². The number of fused-ring (bicyclic) bond motifs is 2. The highest BCUT2D eigenvalue weighted by Gasteiger charge is 2.35. The van der Waals surface area contributed by atoms with Crippen molar-refractivity contribution in [3.63, 3.8) is 0 Å². The SMILES string of the molecule is CCOC(=O)c1nc(NC(=O)N[C@H]2CC[C@@H](Oc3ccc4nnc([C@]5(C)CCCN5)n4c3)c3ccccc32)cc(C(C)(C)C)n1. The van der Waals surface area contributed by atoms with Crippen LogP contribution in [0.1, 0.15) is 106 Å². The van der Waals surface area contributed by atoms with Gasteiger partial charge < -0.3 is 20.1 Å². The Hall–Kier alpha value is -4.58. The van der Waals surface area contributed by atoms with Crippen LogP contribution in [0.25, 0.3) is 5.65 Å². The number of hydrogen-bond acceptors (Lipinski definition) is 9. The Labute approximate surface area is 262 Å². The zero-order valence-electron chi connectivity index (χ0n) is 26.4. The van der Waals surface area contributed by atoms with Crippen LogP contribution in [0.5, 0.6) is 5.75 Å². The Balaban J connectivity index is 1.19.